The Kier molecular flexibility index (Phi) is 4.88. The van der Waals surface area contributed by atoms with Gasteiger partial charge in [0.25, 0.3) is 0 Å². The van der Waals surface area contributed by atoms with Crippen LogP contribution < -0.4 is 0 Å². The molecule has 0 aliphatic heterocycles. The first-order valence-electron chi connectivity index (χ1n) is 4.30. The smallest absolute Gasteiger partial charge is 0.318 e. The molecule has 5 nitrogen and oxygen atoms in total. The summed E-state index contributed by atoms with van der Waals surface area (Å²) < 4.78 is 22.3. The number of aliphatic carboxylic acids is 1. The van der Waals surface area contributed by atoms with E-state index in [9.17, 15) is 13.6 Å². The molecule has 1 unspecified atom stereocenters. The Morgan fingerprint density at radius 3 is 2.62 bits per heavy atom. The summed E-state index contributed by atoms with van der Waals surface area (Å²) in [5, 5.41) is 8.94. The highest BCUT2D eigenvalue weighted by atomic mass is 35.5. The van der Waals surface area contributed by atoms with Crippen molar-refractivity contribution in [1.82, 2.24) is 4.31 Å². The first-order chi connectivity index (χ1) is 7.50. The third-order valence-electron chi connectivity index (χ3n) is 1.83. The van der Waals surface area contributed by atoms with Gasteiger partial charge in [0, 0.05) is 22.8 Å². The molecule has 0 saturated carbocycles. The topological polar surface area (TPSA) is 80.7 Å². The van der Waals surface area contributed by atoms with Gasteiger partial charge in [0.1, 0.15) is 6.54 Å². The number of halogens is 1. The van der Waals surface area contributed by atoms with Gasteiger partial charge in [-0.25, -0.2) is 4.31 Å². The van der Waals surface area contributed by atoms with Gasteiger partial charge in [-0.3, -0.25) is 9.00 Å². The van der Waals surface area contributed by atoms with Gasteiger partial charge in [-0.05, 0) is 11.6 Å². The van der Waals surface area contributed by atoms with Crippen LogP contribution in [0.4, 0.5) is 0 Å². The third-order valence-corrected chi connectivity index (χ3v) is 2.88. The molecule has 0 heterocycles. The first kappa shape index (κ1) is 13.1. The zero-order valence-electron chi connectivity index (χ0n) is 8.13. The molecule has 16 heavy (non-hydrogen) atoms. The second kappa shape index (κ2) is 5.95. The minimum atomic E-state index is -2.59. The molecule has 1 N–H and O–H groups in total. The number of hydrogen-bond donors (Lipinski definition) is 1. The van der Waals surface area contributed by atoms with Crippen molar-refractivity contribution in [3.05, 3.63) is 34.9 Å². The van der Waals surface area contributed by atoms with E-state index in [2.05, 4.69) is 0 Å². The summed E-state index contributed by atoms with van der Waals surface area (Å²) in [7, 11) is 0. The fraction of sp³-hybridized carbons (Fsp3) is 0.222. The van der Waals surface area contributed by atoms with Gasteiger partial charge in [-0.1, -0.05) is 29.8 Å². The molecule has 0 radical (unpaired) electrons. The maximum Gasteiger partial charge on any atom is 0.318 e. The first-order valence-corrected chi connectivity index (χ1v) is 5.71. The van der Waals surface area contributed by atoms with Crippen LogP contribution in [0.3, 0.4) is 0 Å². The highest BCUT2D eigenvalue weighted by Crippen LogP contribution is 2.17. The van der Waals surface area contributed by atoms with Crippen LogP contribution in [-0.4, -0.2) is 30.7 Å². The third kappa shape index (κ3) is 3.90. The number of benzene rings is 1. The van der Waals surface area contributed by atoms with E-state index in [1.54, 1.807) is 24.3 Å². The van der Waals surface area contributed by atoms with Crippen LogP contribution in [0.1, 0.15) is 5.56 Å². The van der Waals surface area contributed by atoms with Gasteiger partial charge in [0.2, 0.25) is 0 Å². The van der Waals surface area contributed by atoms with E-state index in [4.69, 9.17) is 16.7 Å². The fourth-order valence-corrected chi connectivity index (χ4v) is 1.78. The lowest BCUT2D eigenvalue weighted by Crippen LogP contribution is -2.31. The Balaban J connectivity index is 2.80. The Hall–Kier alpha value is -0.950. The molecule has 0 bridgehead atoms. The van der Waals surface area contributed by atoms with Crippen molar-refractivity contribution in [2.75, 3.05) is 6.54 Å². The maximum atomic E-state index is 10.8. The summed E-state index contributed by atoms with van der Waals surface area (Å²) in [6.07, 6.45) is 0. The molecular weight excluding hydrogens is 254 g/mol. The molecule has 1 aromatic rings. The molecule has 7 heteroatoms. The van der Waals surface area contributed by atoms with E-state index in [0.29, 0.717) is 10.6 Å². The predicted octanol–water partition coefficient (Wildman–Crippen LogP) is 1.02. The minimum absolute atomic E-state index is 0.0535. The zero-order chi connectivity index (χ0) is 12.1. The zero-order valence-corrected chi connectivity index (χ0v) is 9.70. The van der Waals surface area contributed by atoms with Crippen LogP contribution >= 0.6 is 11.6 Å². The molecule has 0 saturated heterocycles. The standard InChI is InChI=1S/C9H10ClNO4S/c10-8-4-2-1-3-7(8)5-11(16(14)15)6-9(12)13/h1-4H,5-6H2,(H,12,13)(H,14,15)/p-1. The average Bonchev–Trinajstić information content (AvgIpc) is 2.19. The largest absolute Gasteiger partial charge is 0.760 e. The number of carbonyl (C=O) groups is 1. The molecule has 1 atom stereocenters. The number of carboxylic acid groups (broad SMARTS) is 1. The van der Waals surface area contributed by atoms with Crippen molar-refractivity contribution in [2.45, 2.75) is 6.54 Å². The van der Waals surface area contributed by atoms with Crippen molar-refractivity contribution >= 4 is 28.8 Å². The van der Waals surface area contributed by atoms with Crippen LogP contribution in [0.5, 0.6) is 0 Å². The lowest BCUT2D eigenvalue weighted by Gasteiger charge is -2.22. The molecule has 0 fully saturated rings. The highest BCUT2D eigenvalue weighted by molar-refractivity contribution is 7.76. The van der Waals surface area contributed by atoms with Gasteiger partial charge >= 0.3 is 5.97 Å². The molecule has 0 amide bonds. The Morgan fingerprint density at radius 1 is 1.50 bits per heavy atom. The van der Waals surface area contributed by atoms with Crippen molar-refractivity contribution in [1.29, 1.82) is 0 Å². The number of nitrogens with zero attached hydrogens (tertiary/aromatic N) is 1. The Labute approximate surface area is 100 Å². The second-order valence-corrected chi connectivity index (χ2v) is 4.36. The van der Waals surface area contributed by atoms with Crippen molar-refractivity contribution in [3.63, 3.8) is 0 Å². The summed E-state index contributed by atoms with van der Waals surface area (Å²) in [4.78, 5) is 10.4. The summed E-state index contributed by atoms with van der Waals surface area (Å²) in [6.45, 7) is -0.635. The van der Waals surface area contributed by atoms with Gasteiger partial charge in [-0.15, -0.1) is 0 Å². The number of rotatable bonds is 5. The van der Waals surface area contributed by atoms with Crippen LogP contribution in [0.15, 0.2) is 24.3 Å². The maximum absolute atomic E-state index is 10.8. The molecular formula is C9H9ClNO4S-. The average molecular weight is 263 g/mol. The van der Waals surface area contributed by atoms with E-state index in [1.165, 1.54) is 0 Å². The summed E-state index contributed by atoms with van der Waals surface area (Å²) >= 11 is 3.25. The fourth-order valence-electron chi connectivity index (χ4n) is 1.13. The van der Waals surface area contributed by atoms with E-state index in [1.807, 2.05) is 0 Å². The summed E-state index contributed by atoms with van der Waals surface area (Å²) in [5.41, 5.74) is 0.564. The van der Waals surface area contributed by atoms with Crippen molar-refractivity contribution < 1.29 is 18.7 Å². The summed E-state index contributed by atoms with van der Waals surface area (Å²) in [6, 6.07) is 6.67. The normalized spacial score (nSPS) is 12.7. The monoisotopic (exact) mass is 262 g/mol. The van der Waals surface area contributed by atoms with Crippen molar-refractivity contribution in [3.8, 4) is 0 Å². The van der Waals surface area contributed by atoms with E-state index in [0.717, 1.165) is 4.31 Å². The Bertz CT molecular complexity index is 412. The van der Waals surface area contributed by atoms with Crippen LogP contribution in [0.25, 0.3) is 0 Å². The second-order valence-electron chi connectivity index (χ2n) is 3.00. The SMILES string of the molecule is O=C(O)CN(Cc1ccccc1Cl)S(=O)[O-]. The van der Waals surface area contributed by atoms with E-state index < -0.39 is 23.8 Å². The molecule has 0 aromatic heterocycles. The van der Waals surface area contributed by atoms with Crippen LogP contribution in [0.2, 0.25) is 5.02 Å². The highest BCUT2D eigenvalue weighted by Gasteiger charge is 2.12. The van der Waals surface area contributed by atoms with Gasteiger partial charge < -0.3 is 9.66 Å². The lowest BCUT2D eigenvalue weighted by atomic mass is 10.2. The Morgan fingerprint density at radius 2 is 2.12 bits per heavy atom. The molecule has 1 aromatic carbocycles. The summed E-state index contributed by atoms with van der Waals surface area (Å²) in [5.74, 6) is -1.21. The van der Waals surface area contributed by atoms with E-state index >= 15 is 0 Å². The van der Waals surface area contributed by atoms with Gasteiger partial charge in [0.05, 0.1) is 0 Å². The number of hydrogen-bond acceptors (Lipinski definition) is 3. The van der Waals surface area contributed by atoms with Gasteiger partial charge in [0.15, 0.2) is 0 Å². The lowest BCUT2D eigenvalue weighted by molar-refractivity contribution is -0.137. The molecule has 0 aliphatic carbocycles. The number of carboxylic acids is 1. The quantitative estimate of drug-likeness (QED) is 0.804. The molecule has 1 rings (SSSR count). The van der Waals surface area contributed by atoms with Crippen LogP contribution in [-0.2, 0) is 22.6 Å². The molecule has 0 spiro atoms. The van der Waals surface area contributed by atoms with Crippen molar-refractivity contribution in [2.24, 2.45) is 0 Å². The van der Waals surface area contributed by atoms with E-state index in [-0.39, 0.29) is 6.54 Å². The minimum Gasteiger partial charge on any atom is -0.760 e. The molecule has 0 aliphatic rings. The molecule has 88 valence electrons. The van der Waals surface area contributed by atoms with Crippen LogP contribution in [0, 0.1) is 0 Å². The predicted molar refractivity (Wildman–Crippen MR) is 58.4 cm³/mol. The van der Waals surface area contributed by atoms with Gasteiger partial charge in [-0.2, -0.15) is 0 Å².